The first-order chi connectivity index (χ1) is 10.3. The second kappa shape index (κ2) is 6.05. The van der Waals surface area contributed by atoms with E-state index in [1.165, 1.54) is 10.5 Å². The Morgan fingerprint density at radius 3 is 2.86 bits per heavy atom. The molecule has 6 heteroatoms. The molecule has 0 atom stereocenters. The maximum Gasteiger partial charge on any atom is 0.225 e. The third kappa shape index (κ3) is 2.80. The Bertz CT molecular complexity index is 753. The number of benzene rings is 1. The fraction of sp³-hybridized carbons (Fsp3) is 0.200. The monoisotopic (exact) mass is 299 g/mol. The van der Waals surface area contributed by atoms with Gasteiger partial charge in [-0.3, -0.25) is 0 Å². The van der Waals surface area contributed by atoms with E-state index in [-0.39, 0.29) is 0 Å². The molecule has 0 saturated carbocycles. The Labute approximate surface area is 127 Å². The lowest BCUT2D eigenvalue weighted by Gasteiger charge is -2.11. The van der Waals surface area contributed by atoms with Crippen molar-refractivity contribution in [3.05, 3.63) is 42.1 Å². The Hall–Kier alpha value is -2.21. The molecule has 3 rings (SSSR count). The second-order valence-corrected chi connectivity index (χ2v) is 5.40. The number of nitrogens with zero attached hydrogens (tertiary/aromatic N) is 2. The zero-order chi connectivity index (χ0) is 14.7. The molecule has 0 aliphatic rings. The number of nitrogens with one attached hydrogen (secondary N) is 3. The van der Waals surface area contributed by atoms with E-state index in [0.717, 1.165) is 23.4 Å². The SMILES string of the molecule is CNc1nc(NCc2ccccc2SC)c2[nH]ccc2n1. The molecule has 0 radical (unpaired) electrons. The zero-order valence-corrected chi connectivity index (χ0v) is 12.8. The van der Waals surface area contributed by atoms with Crippen LogP contribution in [0.4, 0.5) is 11.8 Å². The molecule has 0 bridgehead atoms. The third-order valence-electron chi connectivity index (χ3n) is 3.27. The molecule has 0 unspecified atom stereocenters. The molecule has 0 aliphatic carbocycles. The summed E-state index contributed by atoms with van der Waals surface area (Å²) in [7, 11) is 1.82. The van der Waals surface area contributed by atoms with E-state index in [1.54, 1.807) is 11.8 Å². The number of hydrogen-bond donors (Lipinski definition) is 3. The zero-order valence-electron chi connectivity index (χ0n) is 12.0. The first-order valence-corrected chi connectivity index (χ1v) is 7.93. The van der Waals surface area contributed by atoms with E-state index in [2.05, 4.69) is 56.1 Å². The number of anilines is 2. The van der Waals surface area contributed by atoms with E-state index in [1.807, 2.05) is 19.3 Å². The minimum Gasteiger partial charge on any atom is -0.364 e. The minimum absolute atomic E-state index is 0.614. The summed E-state index contributed by atoms with van der Waals surface area (Å²) in [4.78, 5) is 13.4. The summed E-state index contributed by atoms with van der Waals surface area (Å²) in [6.45, 7) is 0.727. The molecule has 3 aromatic rings. The van der Waals surface area contributed by atoms with Crippen LogP contribution in [0.25, 0.3) is 11.0 Å². The lowest BCUT2D eigenvalue weighted by Crippen LogP contribution is -2.06. The van der Waals surface area contributed by atoms with Crippen LogP contribution in [0.3, 0.4) is 0 Å². The van der Waals surface area contributed by atoms with Gasteiger partial charge in [0.05, 0.1) is 5.52 Å². The van der Waals surface area contributed by atoms with Gasteiger partial charge < -0.3 is 15.6 Å². The highest BCUT2D eigenvalue weighted by Crippen LogP contribution is 2.23. The molecular formula is C15H17N5S. The summed E-state index contributed by atoms with van der Waals surface area (Å²) < 4.78 is 0. The highest BCUT2D eigenvalue weighted by molar-refractivity contribution is 7.98. The van der Waals surface area contributed by atoms with Crippen LogP contribution in [-0.2, 0) is 6.54 Å². The summed E-state index contributed by atoms with van der Waals surface area (Å²) in [6.07, 6.45) is 3.96. The van der Waals surface area contributed by atoms with Gasteiger partial charge in [0, 0.05) is 24.7 Å². The van der Waals surface area contributed by atoms with Crippen molar-refractivity contribution in [3.63, 3.8) is 0 Å². The first-order valence-electron chi connectivity index (χ1n) is 6.70. The van der Waals surface area contributed by atoms with Gasteiger partial charge >= 0.3 is 0 Å². The number of rotatable bonds is 5. The molecule has 1 aromatic carbocycles. The van der Waals surface area contributed by atoms with Crippen LogP contribution in [0.5, 0.6) is 0 Å². The molecule has 2 aromatic heterocycles. The van der Waals surface area contributed by atoms with Crippen molar-refractivity contribution in [2.24, 2.45) is 0 Å². The number of H-pyrrole nitrogens is 1. The van der Waals surface area contributed by atoms with Crippen LogP contribution in [-0.4, -0.2) is 28.3 Å². The lowest BCUT2D eigenvalue weighted by molar-refractivity contribution is 1.06. The molecule has 3 N–H and O–H groups in total. The van der Waals surface area contributed by atoms with Gasteiger partial charge in [0.15, 0.2) is 5.82 Å². The van der Waals surface area contributed by atoms with Gasteiger partial charge in [0.1, 0.15) is 5.52 Å². The molecule has 0 amide bonds. The van der Waals surface area contributed by atoms with E-state index in [0.29, 0.717) is 5.95 Å². The number of fused-ring (bicyclic) bond motifs is 1. The highest BCUT2D eigenvalue weighted by atomic mass is 32.2. The summed E-state index contributed by atoms with van der Waals surface area (Å²) >= 11 is 1.75. The topological polar surface area (TPSA) is 65.6 Å². The maximum atomic E-state index is 4.49. The molecule has 5 nitrogen and oxygen atoms in total. The van der Waals surface area contributed by atoms with Crippen molar-refractivity contribution in [1.29, 1.82) is 0 Å². The third-order valence-corrected chi connectivity index (χ3v) is 4.11. The quantitative estimate of drug-likeness (QED) is 0.631. The molecule has 0 fully saturated rings. The van der Waals surface area contributed by atoms with Crippen LogP contribution < -0.4 is 10.6 Å². The van der Waals surface area contributed by atoms with Crippen LogP contribution in [0, 0.1) is 0 Å². The normalized spacial score (nSPS) is 10.8. The smallest absolute Gasteiger partial charge is 0.225 e. The van der Waals surface area contributed by atoms with Gasteiger partial charge in [0.2, 0.25) is 5.95 Å². The number of aromatic amines is 1. The van der Waals surface area contributed by atoms with Crippen molar-refractivity contribution in [2.75, 3.05) is 23.9 Å². The van der Waals surface area contributed by atoms with E-state index < -0.39 is 0 Å². The second-order valence-electron chi connectivity index (χ2n) is 4.55. The molecule has 0 aliphatic heterocycles. The largest absolute Gasteiger partial charge is 0.364 e. The summed E-state index contributed by atoms with van der Waals surface area (Å²) in [5.41, 5.74) is 3.08. The fourth-order valence-electron chi connectivity index (χ4n) is 2.21. The molecule has 21 heavy (non-hydrogen) atoms. The number of aromatic nitrogens is 3. The molecule has 2 heterocycles. The van der Waals surface area contributed by atoms with Gasteiger partial charge in [-0.1, -0.05) is 18.2 Å². The molecular weight excluding hydrogens is 282 g/mol. The Kier molecular flexibility index (Phi) is 3.96. The molecule has 108 valence electrons. The number of thioether (sulfide) groups is 1. The standard InChI is InChI=1S/C15H17N5S/c1-16-15-19-11-7-8-17-13(11)14(20-15)18-9-10-5-3-4-6-12(10)21-2/h3-8,17H,9H2,1-2H3,(H2,16,18,19,20). The Morgan fingerprint density at radius 1 is 1.19 bits per heavy atom. The van der Waals surface area contributed by atoms with Gasteiger partial charge in [-0.15, -0.1) is 11.8 Å². The highest BCUT2D eigenvalue weighted by Gasteiger charge is 2.08. The van der Waals surface area contributed by atoms with Crippen LogP contribution in [0.1, 0.15) is 5.56 Å². The van der Waals surface area contributed by atoms with E-state index in [9.17, 15) is 0 Å². The van der Waals surface area contributed by atoms with Crippen LogP contribution in [0.2, 0.25) is 0 Å². The van der Waals surface area contributed by atoms with Gasteiger partial charge in [-0.25, -0.2) is 4.98 Å². The van der Waals surface area contributed by atoms with Crippen LogP contribution >= 0.6 is 11.8 Å². The Balaban J connectivity index is 1.89. The average molecular weight is 299 g/mol. The predicted molar refractivity (Wildman–Crippen MR) is 89.0 cm³/mol. The molecule has 0 saturated heterocycles. The van der Waals surface area contributed by atoms with Crippen molar-refractivity contribution in [3.8, 4) is 0 Å². The van der Waals surface area contributed by atoms with Crippen molar-refractivity contribution in [1.82, 2.24) is 15.0 Å². The van der Waals surface area contributed by atoms with E-state index in [4.69, 9.17) is 0 Å². The van der Waals surface area contributed by atoms with Crippen molar-refractivity contribution >= 4 is 34.6 Å². The van der Waals surface area contributed by atoms with Crippen molar-refractivity contribution in [2.45, 2.75) is 11.4 Å². The summed E-state index contributed by atoms with van der Waals surface area (Å²) in [6, 6.07) is 10.3. The van der Waals surface area contributed by atoms with Gasteiger partial charge in [-0.05, 0) is 24.0 Å². The average Bonchev–Trinajstić information content (AvgIpc) is 3.01. The minimum atomic E-state index is 0.614. The summed E-state index contributed by atoms with van der Waals surface area (Å²) in [5.74, 6) is 1.42. The lowest BCUT2D eigenvalue weighted by atomic mass is 10.2. The Morgan fingerprint density at radius 2 is 2.05 bits per heavy atom. The van der Waals surface area contributed by atoms with Gasteiger partial charge in [0.25, 0.3) is 0 Å². The van der Waals surface area contributed by atoms with E-state index >= 15 is 0 Å². The predicted octanol–water partition coefficient (Wildman–Crippen LogP) is 3.33. The maximum absolute atomic E-state index is 4.49. The molecule has 0 spiro atoms. The fourth-order valence-corrected chi connectivity index (χ4v) is 2.83. The first kappa shape index (κ1) is 13.8. The van der Waals surface area contributed by atoms with Crippen LogP contribution in [0.15, 0.2) is 41.4 Å². The van der Waals surface area contributed by atoms with Crippen molar-refractivity contribution < 1.29 is 0 Å². The van der Waals surface area contributed by atoms with Gasteiger partial charge in [-0.2, -0.15) is 4.98 Å². The summed E-state index contributed by atoms with van der Waals surface area (Å²) in [5, 5.41) is 6.39. The number of hydrogen-bond acceptors (Lipinski definition) is 5.